The summed E-state index contributed by atoms with van der Waals surface area (Å²) in [7, 11) is 0. The van der Waals surface area contributed by atoms with E-state index in [2.05, 4.69) is 44.7 Å². The van der Waals surface area contributed by atoms with Crippen LogP contribution in [0.15, 0.2) is 51.7 Å². The Labute approximate surface area is 141 Å². The van der Waals surface area contributed by atoms with Crippen molar-refractivity contribution in [1.29, 1.82) is 0 Å². The van der Waals surface area contributed by atoms with Crippen LogP contribution in [0.25, 0.3) is 23.8 Å². The number of rotatable bonds is 3. The van der Waals surface area contributed by atoms with Crippen molar-refractivity contribution in [3.8, 4) is 11.1 Å². The second-order valence-corrected chi connectivity index (χ2v) is 5.94. The molecule has 0 amide bonds. The lowest BCUT2D eigenvalue weighted by molar-refractivity contribution is 0.469. The predicted molar refractivity (Wildman–Crippen MR) is 98.3 cm³/mol. The summed E-state index contributed by atoms with van der Waals surface area (Å²) in [6.45, 7) is 10.4. The molecule has 24 heavy (non-hydrogen) atoms. The highest BCUT2D eigenvalue weighted by atomic mass is 16.4. The second-order valence-electron chi connectivity index (χ2n) is 5.94. The van der Waals surface area contributed by atoms with Gasteiger partial charge in [0.15, 0.2) is 11.0 Å². The van der Waals surface area contributed by atoms with Gasteiger partial charge in [-0.3, -0.25) is 9.36 Å². The molecule has 3 heteroatoms. The van der Waals surface area contributed by atoms with Crippen LogP contribution in [0, 0.1) is 13.8 Å². The van der Waals surface area contributed by atoms with Crippen molar-refractivity contribution in [1.82, 2.24) is 4.57 Å². The van der Waals surface area contributed by atoms with Crippen LogP contribution >= 0.6 is 0 Å². The Bertz CT molecular complexity index is 1050. The zero-order chi connectivity index (χ0) is 17.3. The van der Waals surface area contributed by atoms with Gasteiger partial charge in [0, 0.05) is 6.54 Å². The van der Waals surface area contributed by atoms with E-state index in [1.54, 1.807) is 6.08 Å². The summed E-state index contributed by atoms with van der Waals surface area (Å²) in [5, 5.41) is 0. The van der Waals surface area contributed by atoms with E-state index in [0.717, 1.165) is 5.56 Å². The van der Waals surface area contributed by atoms with Crippen LogP contribution in [0.2, 0.25) is 0 Å². The molecule has 1 aromatic heterocycles. The topological polar surface area (TPSA) is 35.1 Å². The minimum Gasteiger partial charge on any atom is -0.436 e. The number of oxazole rings is 1. The summed E-state index contributed by atoms with van der Waals surface area (Å²) in [4.78, 5) is 12.3. The summed E-state index contributed by atoms with van der Waals surface area (Å²) < 4.78 is 7.05. The summed E-state index contributed by atoms with van der Waals surface area (Å²) in [6.07, 6.45) is 1.78. The first-order valence-corrected chi connectivity index (χ1v) is 8.08. The molecule has 3 rings (SSSR count). The van der Waals surface area contributed by atoms with E-state index in [1.165, 1.54) is 26.8 Å². The van der Waals surface area contributed by atoms with Crippen molar-refractivity contribution in [2.24, 2.45) is 0 Å². The summed E-state index contributed by atoms with van der Waals surface area (Å²) in [5.74, 6) is 0. The number of hydrogen-bond acceptors (Lipinski definition) is 2. The van der Waals surface area contributed by atoms with Gasteiger partial charge < -0.3 is 4.42 Å². The van der Waals surface area contributed by atoms with Gasteiger partial charge in [-0.25, -0.2) is 0 Å². The Morgan fingerprint density at radius 1 is 1.08 bits per heavy atom. The molecule has 0 spiro atoms. The average Bonchev–Trinajstić information content (AvgIpc) is 2.83. The van der Waals surface area contributed by atoms with E-state index in [1.807, 2.05) is 25.1 Å². The Balaban J connectivity index is 2.17. The lowest BCUT2D eigenvalue weighted by Gasteiger charge is -2.10. The van der Waals surface area contributed by atoms with Crippen molar-refractivity contribution >= 4 is 12.7 Å². The maximum absolute atomic E-state index is 12.3. The number of benzene rings is 2. The highest BCUT2D eigenvalue weighted by Gasteiger charge is 2.07. The van der Waals surface area contributed by atoms with Gasteiger partial charge in [-0.15, -0.1) is 0 Å². The molecule has 0 aliphatic carbocycles. The van der Waals surface area contributed by atoms with Crippen LogP contribution in [0.5, 0.6) is 0 Å². The molecule has 0 aliphatic heterocycles. The Kier molecular flexibility index (Phi) is 4.26. The first kappa shape index (κ1) is 16.1. The molecule has 0 N–H and O–H groups in total. The number of aromatic nitrogens is 1. The number of aryl methyl sites for hydroxylation is 2. The fourth-order valence-electron chi connectivity index (χ4n) is 2.93. The molecular weight excluding hydrogens is 298 g/mol. The Morgan fingerprint density at radius 3 is 2.46 bits per heavy atom. The molecule has 122 valence electrons. The van der Waals surface area contributed by atoms with Crippen molar-refractivity contribution < 1.29 is 4.42 Å². The third kappa shape index (κ3) is 2.85. The standard InChI is InChI=1S/C21H21NO2/c1-5-22-16(4)24-20(21(22)23)13-17-11-10-15(3)19(12-17)18-9-7-6-8-14(18)2/h6-13H,4-5H2,1-3H3/b20-13+. The second kappa shape index (κ2) is 6.36. The fraction of sp³-hybridized carbons (Fsp3) is 0.190. The van der Waals surface area contributed by atoms with Crippen LogP contribution in [-0.4, -0.2) is 4.57 Å². The maximum atomic E-state index is 12.3. The van der Waals surface area contributed by atoms with Gasteiger partial charge in [-0.2, -0.15) is 0 Å². The molecule has 0 radical (unpaired) electrons. The Morgan fingerprint density at radius 2 is 1.79 bits per heavy atom. The maximum Gasteiger partial charge on any atom is 0.296 e. The smallest absolute Gasteiger partial charge is 0.296 e. The molecule has 0 atom stereocenters. The number of nitrogens with zero attached hydrogens (tertiary/aromatic N) is 1. The molecule has 0 aliphatic rings. The summed E-state index contributed by atoms with van der Waals surface area (Å²) in [6, 6.07) is 14.5. The van der Waals surface area contributed by atoms with E-state index in [9.17, 15) is 4.79 Å². The van der Waals surface area contributed by atoms with Gasteiger partial charge in [-0.1, -0.05) is 36.4 Å². The highest BCUT2D eigenvalue weighted by molar-refractivity contribution is 5.73. The minimum atomic E-state index is -0.138. The third-order valence-corrected chi connectivity index (χ3v) is 4.30. The molecule has 0 unspecified atom stereocenters. The fourth-order valence-corrected chi connectivity index (χ4v) is 2.93. The molecular formula is C21H21NO2. The zero-order valence-electron chi connectivity index (χ0n) is 14.3. The van der Waals surface area contributed by atoms with Gasteiger partial charge in [0.25, 0.3) is 5.56 Å². The van der Waals surface area contributed by atoms with Gasteiger partial charge >= 0.3 is 0 Å². The lowest BCUT2D eigenvalue weighted by atomic mass is 9.95. The van der Waals surface area contributed by atoms with Crippen molar-refractivity contribution in [3.05, 3.63) is 80.5 Å². The van der Waals surface area contributed by atoms with Crippen LogP contribution in [0.4, 0.5) is 0 Å². The molecule has 3 aromatic rings. The molecule has 1 heterocycles. The lowest BCUT2D eigenvalue weighted by Crippen LogP contribution is -2.30. The quantitative estimate of drug-likeness (QED) is 0.744. The summed E-state index contributed by atoms with van der Waals surface area (Å²) in [5.41, 5.74) is 6.30. The first-order chi connectivity index (χ1) is 11.5. The minimum absolute atomic E-state index is 0.138. The molecule has 0 saturated carbocycles. The van der Waals surface area contributed by atoms with Crippen LogP contribution in [0.1, 0.15) is 23.6 Å². The Hall–Kier alpha value is -2.81. The van der Waals surface area contributed by atoms with Gasteiger partial charge in [0.2, 0.25) is 0 Å². The van der Waals surface area contributed by atoms with Crippen molar-refractivity contribution in [2.45, 2.75) is 27.3 Å². The normalized spacial score (nSPS) is 11.9. The average molecular weight is 319 g/mol. The van der Waals surface area contributed by atoms with E-state index < -0.39 is 0 Å². The highest BCUT2D eigenvalue weighted by Crippen LogP contribution is 2.27. The monoisotopic (exact) mass is 319 g/mol. The summed E-state index contributed by atoms with van der Waals surface area (Å²) >= 11 is 0. The van der Waals surface area contributed by atoms with Crippen LogP contribution in [0.3, 0.4) is 0 Å². The van der Waals surface area contributed by atoms with E-state index in [0.29, 0.717) is 17.5 Å². The molecule has 0 fully saturated rings. The van der Waals surface area contributed by atoms with Crippen molar-refractivity contribution in [3.63, 3.8) is 0 Å². The van der Waals surface area contributed by atoms with Gasteiger partial charge in [-0.05, 0) is 67.3 Å². The van der Waals surface area contributed by atoms with Crippen LogP contribution in [-0.2, 0) is 6.54 Å². The predicted octanol–water partition coefficient (Wildman–Crippen LogP) is 2.98. The van der Waals surface area contributed by atoms with E-state index in [4.69, 9.17) is 4.42 Å². The number of hydrogen-bond donors (Lipinski definition) is 0. The molecule has 0 bridgehead atoms. The zero-order valence-corrected chi connectivity index (χ0v) is 14.3. The SMILES string of the molecule is C=c1o/c(=C/c2ccc(C)c(-c3ccccc3C)c2)c(=O)n1CC. The van der Waals surface area contributed by atoms with Gasteiger partial charge in [0.05, 0.1) is 0 Å². The molecule has 3 nitrogen and oxygen atoms in total. The third-order valence-electron chi connectivity index (χ3n) is 4.30. The first-order valence-electron chi connectivity index (χ1n) is 8.08. The van der Waals surface area contributed by atoms with Crippen molar-refractivity contribution in [2.75, 3.05) is 0 Å². The van der Waals surface area contributed by atoms with Crippen LogP contribution < -0.4 is 16.5 Å². The van der Waals surface area contributed by atoms with E-state index >= 15 is 0 Å². The molecule has 2 aromatic carbocycles. The van der Waals surface area contributed by atoms with Gasteiger partial charge in [0.1, 0.15) is 0 Å². The largest absolute Gasteiger partial charge is 0.436 e. The molecule has 0 saturated heterocycles. The van der Waals surface area contributed by atoms with E-state index in [-0.39, 0.29) is 5.56 Å².